The largest absolute Gasteiger partial charge is 0.481 e. The molecule has 0 saturated heterocycles. The lowest BCUT2D eigenvalue weighted by atomic mass is 9.91. The first kappa shape index (κ1) is 14.3. The van der Waals surface area contributed by atoms with Crippen LogP contribution in [-0.2, 0) is 20.2 Å². The molecule has 0 aliphatic heterocycles. The van der Waals surface area contributed by atoms with E-state index in [1.54, 1.807) is 5.38 Å². The Kier molecular flexibility index (Phi) is 3.57. The summed E-state index contributed by atoms with van der Waals surface area (Å²) in [7, 11) is -3.37. The van der Waals surface area contributed by atoms with Crippen LogP contribution < -0.4 is 4.72 Å². The first-order valence-electron chi connectivity index (χ1n) is 5.90. The van der Waals surface area contributed by atoms with E-state index in [4.69, 9.17) is 5.11 Å². The number of nitrogens with zero attached hydrogens (tertiary/aromatic N) is 1. The molecule has 0 spiro atoms. The van der Waals surface area contributed by atoms with Crippen LogP contribution in [0.1, 0.15) is 32.4 Å². The molecule has 1 aromatic heterocycles. The van der Waals surface area contributed by atoms with Crippen molar-refractivity contribution in [3.8, 4) is 0 Å². The highest BCUT2D eigenvalue weighted by molar-refractivity contribution is 7.92. The zero-order valence-corrected chi connectivity index (χ0v) is 12.3. The van der Waals surface area contributed by atoms with Crippen LogP contribution in [0.3, 0.4) is 0 Å². The molecule has 1 aliphatic rings. The fourth-order valence-corrected chi connectivity index (χ4v) is 4.13. The highest BCUT2D eigenvalue weighted by atomic mass is 32.2. The Hall–Kier alpha value is -1.15. The molecule has 2 rings (SSSR count). The summed E-state index contributed by atoms with van der Waals surface area (Å²) in [4.78, 5) is 15.2. The minimum absolute atomic E-state index is 0.115. The maximum atomic E-state index is 11.8. The van der Waals surface area contributed by atoms with E-state index >= 15 is 0 Å². The number of carboxylic acid groups (broad SMARTS) is 1. The minimum Gasteiger partial charge on any atom is -0.481 e. The third kappa shape index (κ3) is 3.44. The molecule has 0 amide bonds. The fraction of sp³-hybridized carbons (Fsp3) is 0.636. The standard InChI is InChI=1S/C11H16N2O4S2/c1-11(2,9(14)15)8-5-18-10(12-8)13-19(16,17)6-7-3-4-7/h5,7H,3-4,6H2,1-2H3,(H,12,13)(H,14,15). The SMILES string of the molecule is CC(C)(C(=O)O)c1csc(NS(=O)(=O)CC2CC2)n1. The van der Waals surface area contributed by atoms with E-state index in [1.807, 2.05) is 0 Å². The van der Waals surface area contributed by atoms with Gasteiger partial charge in [-0.3, -0.25) is 9.52 Å². The molecular weight excluding hydrogens is 288 g/mol. The molecule has 1 saturated carbocycles. The maximum absolute atomic E-state index is 11.8. The Morgan fingerprint density at radius 1 is 1.58 bits per heavy atom. The van der Waals surface area contributed by atoms with E-state index in [1.165, 1.54) is 13.8 Å². The van der Waals surface area contributed by atoms with Crippen molar-refractivity contribution in [3.05, 3.63) is 11.1 Å². The molecule has 1 aliphatic carbocycles. The second-order valence-electron chi connectivity index (χ2n) is 5.29. The lowest BCUT2D eigenvalue weighted by molar-refractivity contribution is -0.142. The summed E-state index contributed by atoms with van der Waals surface area (Å²) in [5.41, 5.74) is -0.773. The topological polar surface area (TPSA) is 96.4 Å². The van der Waals surface area contributed by atoms with Gasteiger partial charge in [-0.05, 0) is 32.6 Å². The van der Waals surface area contributed by atoms with E-state index in [0.717, 1.165) is 24.2 Å². The Morgan fingerprint density at radius 3 is 2.74 bits per heavy atom. The van der Waals surface area contributed by atoms with Crippen LogP contribution in [0.4, 0.5) is 5.13 Å². The maximum Gasteiger partial charge on any atom is 0.315 e. The van der Waals surface area contributed by atoms with E-state index in [0.29, 0.717) is 5.69 Å². The van der Waals surface area contributed by atoms with Gasteiger partial charge in [-0.1, -0.05) is 0 Å². The molecule has 0 aromatic carbocycles. The van der Waals surface area contributed by atoms with Crippen molar-refractivity contribution in [2.24, 2.45) is 5.92 Å². The summed E-state index contributed by atoms with van der Waals surface area (Å²) in [5, 5.41) is 10.9. The number of carboxylic acids is 1. The van der Waals surface area contributed by atoms with Gasteiger partial charge in [0.15, 0.2) is 5.13 Å². The number of aliphatic carboxylic acids is 1. The number of thiazole rings is 1. The Bertz CT molecular complexity index is 588. The minimum atomic E-state index is -3.37. The van der Waals surface area contributed by atoms with Crippen LogP contribution in [-0.4, -0.2) is 30.2 Å². The second-order valence-corrected chi connectivity index (χ2v) is 7.92. The highest BCUT2D eigenvalue weighted by Crippen LogP contribution is 2.32. The predicted octanol–water partition coefficient (Wildman–Crippen LogP) is 1.66. The van der Waals surface area contributed by atoms with Crippen molar-refractivity contribution in [1.29, 1.82) is 0 Å². The molecule has 19 heavy (non-hydrogen) atoms. The molecule has 0 unspecified atom stereocenters. The summed E-state index contributed by atoms with van der Waals surface area (Å²) < 4.78 is 26.0. The number of nitrogens with one attached hydrogen (secondary N) is 1. The molecule has 0 radical (unpaired) electrons. The number of aromatic nitrogens is 1. The highest BCUT2D eigenvalue weighted by Gasteiger charge is 2.33. The number of hydrogen-bond donors (Lipinski definition) is 2. The molecule has 106 valence electrons. The third-order valence-electron chi connectivity index (χ3n) is 3.07. The number of carbonyl (C=O) groups is 1. The molecule has 1 aromatic rings. The third-order valence-corrected chi connectivity index (χ3v) is 5.38. The van der Waals surface area contributed by atoms with Gasteiger partial charge in [0.1, 0.15) is 5.41 Å². The van der Waals surface area contributed by atoms with Gasteiger partial charge in [0.2, 0.25) is 10.0 Å². The van der Waals surface area contributed by atoms with E-state index in [-0.39, 0.29) is 16.8 Å². The van der Waals surface area contributed by atoms with Gasteiger partial charge in [-0.15, -0.1) is 11.3 Å². The van der Waals surface area contributed by atoms with E-state index in [2.05, 4.69) is 9.71 Å². The molecular formula is C11H16N2O4S2. The molecule has 8 heteroatoms. The normalized spacial score (nSPS) is 16.3. The fourth-order valence-electron chi connectivity index (χ4n) is 1.49. The van der Waals surface area contributed by atoms with Gasteiger partial charge in [0.05, 0.1) is 11.4 Å². The van der Waals surface area contributed by atoms with Gasteiger partial charge < -0.3 is 5.11 Å². The van der Waals surface area contributed by atoms with Crippen LogP contribution in [0, 0.1) is 5.92 Å². The van der Waals surface area contributed by atoms with Crippen LogP contribution in [0.2, 0.25) is 0 Å². The Balaban J connectivity index is 2.11. The van der Waals surface area contributed by atoms with Crippen LogP contribution in [0.15, 0.2) is 5.38 Å². The van der Waals surface area contributed by atoms with Crippen LogP contribution in [0.5, 0.6) is 0 Å². The molecule has 1 heterocycles. The molecule has 6 nitrogen and oxygen atoms in total. The summed E-state index contributed by atoms with van der Waals surface area (Å²) in [6, 6.07) is 0. The van der Waals surface area contributed by atoms with Crippen molar-refractivity contribution in [2.75, 3.05) is 10.5 Å². The number of hydrogen-bond acceptors (Lipinski definition) is 5. The monoisotopic (exact) mass is 304 g/mol. The second kappa shape index (κ2) is 4.75. The lowest BCUT2D eigenvalue weighted by Gasteiger charge is -2.15. The van der Waals surface area contributed by atoms with Crippen LogP contribution in [0.25, 0.3) is 0 Å². The molecule has 0 bridgehead atoms. The summed E-state index contributed by atoms with van der Waals surface area (Å²) >= 11 is 1.10. The van der Waals surface area contributed by atoms with Crippen molar-refractivity contribution in [1.82, 2.24) is 4.98 Å². The molecule has 1 fully saturated rings. The van der Waals surface area contributed by atoms with Gasteiger partial charge >= 0.3 is 5.97 Å². The summed E-state index contributed by atoms with van der Waals surface area (Å²) in [5.74, 6) is -0.623. The van der Waals surface area contributed by atoms with Gasteiger partial charge in [-0.2, -0.15) is 0 Å². The summed E-state index contributed by atoms with van der Waals surface area (Å²) in [6.45, 7) is 3.07. The van der Waals surface area contributed by atoms with Crippen LogP contribution >= 0.6 is 11.3 Å². The van der Waals surface area contributed by atoms with E-state index < -0.39 is 21.4 Å². The molecule has 0 atom stereocenters. The Morgan fingerprint density at radius 2 is 2.21 bits per heavy atom. The zero-order valence-electron chi connectivity index (χ0n) is 10.7. The predicted molar refractivity (Wildman–Crippen MR) is 72.9 cm³/mol. The zero-order chi connectivity index (χ0) is 14.3. The molecule has 2 N–H and O–H groups in total. The number of anilines is 1. The number of rotatable bonds is 6. The lowest BCUT2D eigenvalue weighted by Crippen LogP contribution is -2.29. The average Bonchev–Trinajstić information content (AvgIpc) is 2.92. The smallest absolute Gasteiger partial charge is 0.315 e. The first-order chi connectivity index (χ1) is 8.71. The number of sulfonamides is 1. The van der Waals surface area contributed by atoms with E-state index in [9.17, 15) is 13.2 Å². The average molecular weight is 304 g/mol. The van der Waals surface area contributed by atoms with Gasteiger partial charge in [-0.25, -0.2) is 13.4 Å². The summed E-state index contributed by atoms with van der Waals surface area (Å²) in [6.07, 6.45) is 1.91. The first-order valence-corrected chi connectivity index (χ1v) is 8.44. The van der Waals surface area contributed by atoms with Crippen molar-refractivity contribution < 1.29 is 18.3 Å². The quantitative estimate of drug-likeness (QED) is 0.833. The van der Waals surface area contributed by atoms with Crippen molar-refractivity contribution >= 4 is 32.5 Å². The van der Waals surface area contributed by atoms with Crippen molar-refractivity contribution in [3.63, 3.8) is 0 Å². The van der Waals surface area contributed by atoms with Gasteiger partial charge in [0, 0.05) is 5.38 Å². The van der Waals surface area contributed by atoms with Crippen molar-refractivity contribution in [2.45, 2.75) is 32.1 Å². The Labute approximate surface area is 115 Å². The van der Waals surface area contributed by atoms with Gasteiger partial charge in [0.25, 0.3) is 0 Å².